The molecule has 4 heteroatoms. The third kappa shape index (κ3) is 4.29. The van der Waals surface area contributed by atoms with Crippen LogP contribution in [0.2, 0.25) is 0 Å². The molecule has 3 nitrogen and oxygen atoms in total. The molecule has 0 saturated heterocycles. The fourth-order valence-corrected chi connectivity index (χ4v) is 3.69. The highest BCUT2D eigenvalue weighted by molar-refractivity contribution is 7.09. The predicted octanol–water partition coefficient (Wildman–Crippen LogP) is 3.56. The topological polar surface area (TPSA) is 46.2 Å². The fourth-order valence-electron chi connectivity index (χ4n) is 2.99. The summed E-state index contributed by atoms with van der Waals surface area (Å²) in [6.45, 7) is 0.631. The van der Waals surface area contributed by atoms with Crippen LogP contribution in [0.15, 0.2) is 35.7 Å². The molecule has 1 aliphatic rings. The molecule has 0 radical (unpaired) electrons. The minimum atomic E-state index is -0.0453. The Hall–Kier alpha value is -1.94. The summed E-state index contributed by atoms with van der Waals surface area (Å²) in [6, 6.07) is 10.1. The summed E-state index contributed by atoms with van der Waals surface area (Å²) < 4.78 is 0. The highest BCUT2D eigenvalue weighted by atomic mass is 32.1. The minimum Gasteiger partial charge on any atom is -0.356 e. The standard InChI is InChI=1S/C19H21NO2S/c21-18(16-7-6-14-3-1-4-15(14)13-16)8-9-19(22)20-11-10-17-5-2-12-23-17/h2,5-7,12-13H,1,3-4,8-11H2,(H,20,22). The molecule has 0 unspecified atom stereocenters. The number of hydrogen-bond donors (Lipinski definition) is 1. The molecule has 120 valence electrons. The molecule has 1 aliphatic carbocycles. The number of carbonyl (C=O) groups is 2. The van der Waals surface area contributed by atoms with E-state index in [1.807, 2.05) is 23.6 Å². The van der Waals surface area contributed by atoms with Crippen LogP contribution in [-0.2, 0) is 24.1 Å². The van der Waals surface area contributed by atoms with Crippen molar-refractivity contribution >= 4 is 23.0 Å². The van der Waals surface area contributed by atoms with Crippen molar-refractivity contribution in [1.82, 2.24) is 5.32 Å². The number of aryl methyl sites for hydroxylation is 2. The second-order valence-electron chi connectivity index (χ2n) is 5.94. The lowest BCUT2D eigenvalue weighted by Gasteiger charge is -2.06. The van der Waals surface area contributed by atoms with Gasteiger partial charge in [0.1, 0.15) is 0 Å². The van der Waals surface area contributed by atoms with Crippen LogP contribution in [0.3, 0.4) is 0 Å². The van der Waals surface area contributed by atoms with E-state index in [9.17, 15) is 9.59 Å². The van der Waals surface area contributed by atoms with Crippen LogP contribution in [0, 0.1) is 0 Å². The molecule has 0 bridgehead atoms. The van der Waals surface area contributed by atoms with Gasteiger partial charge in [-0.1, -0.05) is 18.2 Å². The summed E-state index contributed by atoms with van der Waals surface area (Å²) in [6.07, 6.45) is 4.77. The zero-order chi connectivity index (χ0) is 16.1. The first-order valence-corrected chi connectivity index (χ1v) is 9.04. The van der Waals surface area contributed by atoms with Crippen molar-refractivity contribution in [3.63, 3.8) is 0 Å². The van der Waals surface area contributed by atoms with E-state index < -0.39 is 0 Å². The molecule has 23 heavy (non-hydrogen) atoms. The van der Waals surface area contributed by atoms with Gasteiger partial charge in [0.2, 0.25) is 5.91 Å². The molecule has 0 aliphatic heterocycles. The number of hydrogen-bond acceptors (Lipinski definition) is 3. The van der Waals surface area contributed by atoms with E-state index in [2.05, 4.69) is 17.4 Å². The summed E-state index contributed by atoms with van der Waals surface area (Å²) >= 11 is 1.69. The minimum absolute atomic E-state index is 0.0453. The van der Waals surface area contributed by atoms with E-state index in [0.29, 0.717) is 6.54 Å². The Kier molecular flexibility index (Phi) is 5.23. The first-order chi connectivity index (χ1) is 11.2. The summed E-state index contributed by atoms with van der Waals surface area (Å²) in [5.41, 5.74) is 3.42. The van der Waals surface area contributed by atoms with Crippen LogP contribution in [0.25, 0.3) is 0 Å². The lowest BCUT2D eigenvalue weighted by molar-refractivity contribution is -0.121. The lowest BCUT2D eigenvalue weighted by Crippen LogP contribution is -2.25. The van der Waals surface area contributed by atoms with Crippen LogP contribution >= 0.6 is 11.3 Å². The average molecular weight is 327 g/mol. The van der Waals surface area contributed by atoms with Gasteiger partial charge in [-0.15, -0.1) is 11.3 Å². The van der Waals surface area contributed by atoms with E-state index in [1.165, 1.54) is 22.4 Å². The molecule has 1 amide bonds. The normalized spacial score (nSPS) is 12.9. The molecule has 1 heterocycles. The zero-order valence-corrected chi connectivity index (χ0v) is 14.0. The smallest absolute Gasteiger partial charge is 0.220 e. The van der Waals surface area contributed by atoms with Crippen molar-refractivity contribution in [3.8, 4) is 0 Å². The number of benzene rings is 1. The fraction of sp³-hybridized carbons (Fsp3) is 0.368. The molecule has 0 fully saturated rings. The van der Waals surface area contributed by atoms with Gasteiger partial charge in [0, 0.05) is 29.8 Å². The maximum Gasteiger partial charge on any atom is 0.220 e. The first kappa shape index (κ1) is 15.9. The summed E-state index contributed by atoms with van der Waals surface area (Å²) in [5, 5.41) is 4.92. The van der Waals surface area contributed by atoms with Crippen molar-refractivity contribution < 1.29 is 9.59 Å². The summed E-state index contributed by atoms with van der Waals surface area (Å²) in [7, 11) is 0. The Morgan fingerprint density at radius 3 is 2.78 bits per heavy atom. The van der Waals surface area contributed by atoms with Crippen LogP contribution in [0.4, 0.5) is 0 Å². The Labute approximate surface area is 140 Å². The second kappa shape index (κ2) is 7.55. The molecular weight excluding hydrogens is 306 g/mol. The van der Waals surface area contributed by atoms with E-state index >= 15 is 0 Å². The van der Waals surface area contributed by atoms with Gasteiger partial charge in [0.05, 0.1) is 0 Å². The van der Waals surface area contributed by atoms with Crippen molar-refractivity contribution in [2.45, 2.75) is 38.5 Å². The second-order valence-corrected chi connectivity index (χ2v) is 6.97. The van der Waals surface area contributed by atoms with Gasteiger partial charge in [0.25, 0.3) is 0 Å². The SMILES string of the molecule is O=C(CCC(=O)c1ccc2c(c1)CCC2)NCCc1cccs1. The largest absolute Gasteiger partial charge is 0.356 e. The molecule has 0 atom stereocenters. The van der Waals surface area contributed by atoms with Crippen LogP contribution < -0.4 is 5.32 Å². The van der Waals surface area contributed by atoms with Gasteiger partial charge < -0.3 is 5.32 Å². The van der Waals surface area contributed by atoms with Gasteiger partial charge in [-0.05, 0) is 54.3 Å². The average Bonchev–Trinajstić information content (AvgIpc) is 3.23. The Morgan fingerprint density at radius 2 is 1.96 bits per heavy atom. The number of carbonyl (C=O) groups excluding carboxylic acids is 2. The molecular formula is C19H21NO2S. The highest BCUT2D eigenvalue weighted by Gasteiger charge is 2.14. The van der Waals surface area contributed by atoms with Gasteiger partial charge in [-0.25, -0.2) is 0 Å². The highest BCUT2D eigenvalue weighted by Crippen LogP contribution is 2.23. The lowest BCUT2D eigenvalue weighted by atomic mass is 10.0. The van der Waals surface area contributed by atoms with Gasteiger partial charge in [-0.2, -0.15) is 0 Å². The Balaban J connectivity index is 1.42. The van der Waals surface area contributed by atoms with Crippen molar-refractivity contribution in [2.75, 3.05) is 6.54 Å². The van der Waals surface area contributed by atoms with Crippen LogP contribution in [0.5, 0.6) is 0 Å². The summed E-state index contributed by atoms with van der Waals surface area (Å²) in [4.78, 5) is 25.3. The number of Topliss-reactive ketones (excluding diaryl/α,β-unsaturated/α-hetero) is 1. The van der Waals surface area contributed by atoms with Gasteiger partial charge in [0.15, 0.2) is 5.78 Å². The van der Waals surface area contributed by atoms with E-state index in [4.69, 9.17) is 0 Å². The van der Waals surface area contributed by atoms with Gasteiger partial charge in [-0.3, -0.25) is 9.59 Å². The zero-order valence-electron chi connectivity index (χ0n) is 13.1. The third-order valence-electron chi connectivity index (χ3n) is 4.27. The number of fused-ring (bicyclic) bond motifs is 1. The van der Waals surface area contributed by atoms with Crippen LogP contribution in [0.1, 0.15) is 45.6 Å². The number of nitrogens with one attached hydrogen (secondary N) is 1. The summed E-state index contributed by atoms with van der Waals surface area (Å²) in [5.74, 6) is 0.0178. The van der Waals surface area contributed by atoms with Crippen LogP contribution in [-0.4, -0.2) is 18.2 Å². The molecule has 1 aromatic carbocycles. The molecule has 1 N–H and O–H groups in total. The maximum absolute atomic E-state index is 12.2. The molecule has 0 saturated carbocycles. The predicted molar refractivity (Wildman–Crippen MR) is 93.1 cm³/mol. The molecule has 1 aromatic heterocycles. The van der Waals surface area contributed by atoms with Crippen molar-refractivity contribution in [3.05, 3.63) is 57.3 Å². The monoisotopic (exact) mass is 327 g/mol. The van der Waals surface area contributed by atoms with Gasteiger partial charge >= 0.3 is 0 Å². The van der Waals surface area contributed by atoms with E-state index in [-0.39, 0.29) is 24.5 Å². The van der Waals surface area contributed by atoms with E-state index in [1.54, 1.807) is 11.3 Å². The Bertz CT molecular complexity index is 691. The molecule has 3 rings (SSSR count). The first-order valence-electron chi connectivity index (χ1n) is 8.16. The molecule has 2 aromatic rings. The van der Waals surface area contributed by atoms with Crippen molar-refractivity contribution in [2.24, 2.45) is 0 Å². The number of thiophene rings is 1. The quantitative estimate of drug-likeness (QED) is 0.790. The molecule has 0 spiro atoms. The number of ketones is 1. The van der Waals surface area contributed by atoms with Crippen molar-refractivity contribution in [1.29, 1.82) is 0 Å². The maximum atomic E-state index is 12.2. The number of rotatable bonds is 7. The third-order valence-corrected chi connectivity index (χ3v) is 5.21. The van der Waals surface area contributed by atoms with E-state index in [0.717, 1.165) is 24.8 Å². The number of amides is 1. The Morgan fingerprint density at radius 1 is 1.09 bits per heavy atom.